The van der Waals surface area contributed by atoms with Gasteiger partial charge in [0, 0.05) is 13.0 Å². The quantitative estimate of drug-likeness (QED) is 0.543. The Labute approximate surface area is 175 Å². The van der Waals surface area contributed by atoms with Crippen LogP contribution in [-0.2, 0) is 19.6 Å². The first-order chi connectivity index (χ1) is 14.1. The second-order valence-corrected chi connectivity index (χ2v) is 8.53. The number of carbonyl (C=O) groups excluding carboxylic acids is 3. The molecule has 0 atom stereocenters. The first-order valence-electron chi connectivity index (χ1n) is 9.08. The highest BCUT2D eigenvalue weighted by atomic mass is 32.2. The maximum absolute atomic E-state index is 12.6. The Morgan fingerprint density at radius 3 is 2.30 bits per heavy atom. The van der Waals surface area contributed by atoms with Gasteiger partial charge in [-0.2, -0.15) is 0 Å². The van der Waals surface area contributed by atoms with E-state index in [0.29, 0.717) is 11.3 Å². The number of nitrogens with zero attached hydrogens (tertiary/aromatic N) is 1. The first-order valence-corrected chi connectivity index (χ1v) is 10.9. The molecule has 0 aliphatic rings. The summed E-state index contributed by atoms with van der Waals surface area (Å²) in [6.07, 6.45) is 1.01. The van der Waals surface area contributed by atoms with E-state index in [1.165, 1.54) is 12.1 Å². The van der Waals surface area contributed by atoms with Crippen molar-refractivity contribution in [2.24, 2.45) is 5.73 Å². The van der Waals surface area contributed by atoms with Crippen LogP contribution in [0.3, 0.4) is 0 Å². The normalized spacial score (nSPS) is 10.9. The van der Waals surface area contributed by atoms with Gasteiger partial charge in [-0.15, -0.1) is 0 Å². The predicted octanol–water partition coefficient (Wildman–Crippen LogP) is 1.00. The van der Waals surface area contributed by atoms with E-state index in [1.807, 2.05) is 0 Å². The van der Waals surface area contributed by atoms with Crippen molar-refractivity contribution < 1.29 is 22.8 Å². The molecule has 0 aromatic heterocycles. The SMILES string of the molecule is Cc1ccccc1N(CC(=O)Nc1ccccc1C(=O)NCCC(N)=O)S(C)(=O)=O. The summed E-state index contributed by atoms with van der Waals surface area (Å²) in [7, 11) is -3.72. The third-order valence-electron chi connectivity index (χ3n) is 4.17. The largest absolute Gasteiger partial charge is 0.370 e. The molecule has 10 heteroatoms. The lowest BCUT2D eigenvalue weighted by Gasteiger charge is -2.23. The summed E-state index contributed by atoms with van der Waals surface area (Å²) in [5.41, 5.74) is 6.54. The molecule has 160 valence electrons. The van der Waals surface area contributed by atoms with Gasteiger partial charge in [0.1, 0.15) is 6.54 Å². The van der Waals surface area contributed by atoms with Crippen LogP contribution in [0, 0.1) is 6.92 Å². The van der Waals surface area contributed by atoms with Gasteiger partial charge in [-0.3, -0.25) is 18.7 Å². The molecular weight excluding hydrogens is 408 g/mol. The van der Waals surface area contributed by atoms with Crippen LogP contribution in [0.25, 0.3) is 0 Å². The van der Waals surface area contributed by atoms with E-state index in [0.717, 1.165) is 10.6 Å². The zero-order valence-electron chi connectivity index (χ0n) is 16.7. The highest BCUT2D eigenvalue weighted by Gasteiger charge is 2.23. The standard InChI is InChI=1S/C20H24N4O5S/c1-14-7-3-6-10-17(14)24(30(2,28)29)13-19(26)23-16-9-5-4-8-15(16)20(27)22-12-11-18(21)25/h3-10H,11-13H2,1-2H3,(H2,21,25)(H,22,27)(H,23,26). The molecule has 0 aliphatic carbocycles. The molecule has 0 fully saturated rings. The Morgan fingerprint density at radius 1 is 1.03 bits per heavy atom. The van der Waals surface area contributed by atoms with Crippen LogP contribution in [0.15, 0.2) is 48.5 Å². The second kappa shape index (κ2) is 9.88. The highest BCUT2D eigenvalue weighted by Crippen LogP contribution is 2.22. The minimum Gasteiger partial charge on any atom is -0.370 e. The van der Waals surface area contributed by atoms with Crippen molar-refractivity contribution in [3.63, 3.8) is 0 Å². The van der Waals surface area contributed by atoms with Crippen LogP contribution in [0.2, 0.25) is 0 Å². The zero-order chi connectivity index (χ0) is 22.3. The molecule has 4 N–H and O–H groups in total. The van der Waals surface area contributed by atoms with Crippen LogP contribution in [0.4, 0.5) is 11.4 Å². The summed E-state index contributed by atoms with van der Waals surface area (Å²) in [6, 6.07) is 13.1. The lowest BCUT2D eigenvalue weighted by atomic mass is 10.1. The number of aryl methyl sites for hydroxylation is 1. The number of hydrogen-bond acceptors (Lipinski definition) is 5. The molecule has 0 bridgehead atoms. The van der Waals surface area contributed by atoms with E-state index in [-0.39, 0.29) is 24.2 Å². The third kappa shape index (κ3) is 6.31. The smallest absolute Gasteiger partial charge is 0.253 e. The van der Waals surface area contributed by atoms with E-state index >= 15 is 0 Å². The zero-order valence-corrected chi connectivity index (χ0v) is 17.5. The molecular formula is C20H24N4O5S. The van der Waals surface area contributed by atoms with Gasteiger partial charge in [-0.05, 0) is 30.7 Å². The fourth-order valence-corrected chi connectivity index (χ4v) is 3.64. The third-order valence-corrected chi connectivity index (χ3v) is 5.30. The van der Waals surface area contributed by atoms with Gasteiger partial charge < -0.3 is 16.4 Å². The fraction of sp³-hybridized carbons (Fsp3) is 0.250. The number of primary amides is 1. The number of para-hydroxylation sites is 2. The molecule has 0 saturated heterocycles. The number of benzene rings is 2. The van der Waals surface area contributed by atoms with Gasteiger partial charge in [0.25, 0.3) is 5.91 Å². The average Bonchev–Trinajstić information content (AvgIpc) is 2.66. The van der Waals surface area contributed by atoms with Crippen molar-refractivity contribution >= 4 is 39.1 Å². The topological polar surface area (TPSA) is 139 Å². The van der Waals surface area contributed by atoms with Crippen LogP contribution in [0.1, 0.15) is 22.3 Å². The fourth-order valence-electron chi connectivity index (χ4n) is 2.73. The lowest BCUT2D eigenvalue weighted by molar-refractivity contribution is -0.118. The molecule has 0 saturated carbocycles. The summed E-state index contributed by atoms with van der Waals surface area (Å²) in [4.78, 5) is 35.8. The van der Waals surface area contributed by atoms with E-state index in [2.05, 4.69) is 10.6 Å². The van der Waals surface area contributed by atoms with Crippen LogP contribution >= 0.6 is 0 Å². The molecule has 0 heterocycles. The molecule has 9 nitrogen and oxygen atoms in total. The van der Waals surface area contributed by atoms with Gasteiger partial charge in [-0.1, -0.05) is 30.3 Å². The predicted molar refractivity (Wildman–Crippen MR) is 115 cm³/mol. The van der Waals surface area contributed by atoms with Crippen LogP contribution < -0.4 is 20.7 Å². The molecule has 0 aliphatic heterocycles. The van der Waals surface area contributed by atoms with Crippen molar-refractivity contribution in [1.29, 1.82) is 0 Å². The average molecular weight is 433 g/mol. The van der Waals surface area contributed by atoms with Crippen molar-refractivity contribution in [2.45, 2.75) is 13.3 Å². The minimum absolute atomic E-state index is 0.0139. The van der Waals surface area contributed by atoms with Crippen LogP contribution in [-0.4, -0.2) is 45.5 Å². The maximum Gasteiger partial charge on any atom is 0.253 e. The van der Waals surface area contributed by atoms with E-state index in [1.54, 1.807) is 43.3 Å². The number of sulfonamides is 1. The molecule has 2 rings (SSSR count). The summed E-state index contributed by atoms with van der Waals surface area (Å²) in [6.45, 7) is 1.35. The van der Waals surface area contributed by atoms with Crippen molar-refractivity contribution in [2.75, 3.05) is 29.0 Å². The molecule has 2 aromatic rings. The Bertz CT molecular complexity index is 1050. The second-order valence-electron chi connectivity index (χ2n) is 6.62. The summed E-state index contributed by atoms with van der Waals surface area (Å²) >= 11 is 0. The number of nitrogens with two attached hydrogens (primary N) is 1. The number of rotatable bonds is 9. The Balaban J connectivity index is 2.18. The Kier molecular flexibility index (Phi) is 7.54. The van der Waals surface area contributed by atoms with Crippen molar-refractivity contribution in [3.8, 4) is 0 Å². The molecule has 0 unspecified atom stereocenters. The minimum atomic E-state index is -3.72. The Morgan fingerprint density at radius 2 is 1.67 bits per heavy atom. The monoisotopic (exact) mass is 432 g/mol. The molecule has 0 radical (unpaired) electrons. The van der Waals surface area contributed by atoms with Crippen molar-refractivity contribution in [3.05, 3.63) is 59.7 Å². The molecule has 2 aromatic carbocycles. The van der Waals surface area contributed by atoms with Gasteiger partial charge in [0.15, 0.2) is 0 Å². The number of carbonyl (C=O) groups is 3. The molecule has 3 amide bonds. The van der Waals surface area contributed by atoms with Gasteiger partial charge in [0.05, 0.1) is 23.2 Å². The first kappa shape index (κ1) is 22.9. The van der Waals surface area contributed by atoms with Crippen LogP contribution in [0.5, 0.6) is 0 Å². The van der Waals surface area contributed by atoms with E-state index in [9.17, 15) is 22.8 Å². The summed E-state index contributed by atoms with van der Waals surface area (Å²) in [5, 5.41) is 5.13. The lowest BCUT2D eigenvalue weighted by Crippen LogP contribution is -2.38. The summed E-state index contributed by atoms with van der Waals surface area (Å²) < 4.78 is 25.5. The van der Waals surface area contributed by atoms with E-state index < -0.39 is 34.3 Å². The van der Waals surface area contributed by atoms with Gasteiger partial charge in [0.2, 0.25) is 21.8 Å². The van der Waals surface area contributed by atoms with Gasteiger partial charge in [-0.25, -0.2) is 8.42 Å². The Hall–Kier alpha value is -3.40. The number of hydrogen-bond donors (Lipinski definition) is 3. The number of amides is 3. The molecule has 0 spiro atoms. The number of anilines is 2. The maximum atomic E-state index is 12.6. The molecule has 30 heavy (non-hydrogen) atoms. The highest BCUT2D eigenvalue weighted by molar-refractivity contribution is 7.92. The van der Waals surface area contributed by atoms with Gasteiger partial charge >= 0.3 is 0 Å². The summed E-state index contributed by atoms with van der Waals surface area (Å²) in [5.74, 6) is -1.65. The van der Waals surface area contributed by atoms with E-state index in [4.69, 9.17) is 5.73 Å². The van der Waals surface area contributed by atoms with Crippen molar-refractivity contribution in [1.82, 2.24) is 5.32 Å². The number of nitrogens with one attached hydrogen (secondary N) is 2.